The highest BCUT2D eigenvalue weighted by Gasteiger charge is 2.32. The number of pyridine rings is 1. The summed E-state index contributed by atoms with van der Waals surface area (Å²) in [5.74, 6) is 0.484. The molecule has 1 aliphatic rings. The lowest BCUT2D eigenvalue weighted by molar-refractivity contribution is 0.450. The molecule has 0 spiro atoms. The molecule has 1 saturated heterocycles. The van der Waals surface area contributed by atoms with Crippen LogP contribution in [-0.2, 0) is 16.6 Å². The van der Waals surface area contributed by atoms with E-state index in [4.69, 9.17) is 0 Å². The summed E-state index contributed by atoms with van der Waals surface area (Å²) in [7, 11) is -3.42. The van der Waals surface area contributed by atoms with Gasteiger partial charge in [0.25, 0.3) is 10.0 Å². The van der Waals surface area contributed by atoms with Gasteiger partial charge in [0.15, 0.2) is 5.03 Å². The minimum Gasteiger partial charge on any atom is -0.313 e. The van der Waals surface area contributed by atoms with E-state index in [1.807, 2.05) is 13.0 Å². The van der Waals surface area contributed by atoms with Gasteiger partial charge >= 0.3 is 0 Å². The Morgan fingerprint density at radius 3 is 2.75 bits per heavy atom. The maximum Gasteiger partial charge on any atom is 0.260 e. The van der Waals surface area contributed by atoms with Crippen LogP contribution < -0.4 is 5.32 Å². The lowest BCUT2D eigenvalue weighted by Gasteiger charge is -2.15. The molecule has 0 saturated carbocycles. The van der Waals surface area contributed by atoms with Crippen molar-refractivity contribution < 1.29 is 8.42 Å². The van der Waals surface area contributed by atoms with Crippen LogP contribution in [0, 0.1) is 5.92 Å². The van der Waals surface area contributed by atoms with E-state index in [1.165, 1.54) is 0 Å². The smallest absolute Gasteiger partial charge is 0.260 e. The molecule has 1 aromatic rings. The zero-order valence-electron chi connectivity index (χ0n) is 12.2. The van der Waals surface area contributed by atoms with Crippen LogP contribution in [0.1, 0.15) is 32.3 Å². The van der Waals surface area contributed by atoms with Crippen molar-refractivity contribution in [1.29, 1.82) is 0 Å². The Hall–Kier alpha value is -0.980. The van der Waals surface area contributed by atoms with E-state index < -0.39 is 10.0 Å². The fraction of sp³-hybridized carbons (Fsp3) is 0.643. The minimum absolute atomic E-state index is 0.162. The molecule has 1 unspecified atom stereocenters. The van der Waals surface area contributed by atoms with E-state index in [2.05, 4.69) is 17.2 Å². The number of aromatic nitrogens is 1. The molecule has 2 heterocycles. The molecule has 0 aromatic carbocycles. The van der Waals surface area contributed by atoms with E-state index in [9.17, 15) is 8.42 Å². The molecule has 1 atom stereocenters. The highest BCUT2D eigenvalue weighted by molar-refractivity contribution is 7.89. The summed E-state index contributed by atoms with van der Waals surface area (Å²) in [4.78, 5) is 4.13. The molecule has 112 valence electrons. The summed E-state index contributed by atoms with van der Waals surface area (Å²) in [5.41, 5.74) is 0.999. The fourth-order valence-corrected chi connectivity index (χ4v) is 3.86. The normalized spacial score (nSPS) is 20.4. The Bertz CT molecular complexity index is 528. The summed E-state index contributed by atoms with van der Waals surface area (Å²) in [5, 5.41) is 3.35. The third kappa shape index (κ3) is 3.37. The molecule has 1 N–H and O–H groups in total. The van der Waals surface area contributed by atoms with Crippen molar-refractivity contribution in [2.45, 2.75) is 38.3 Å². The Morgan fingerprint density at radius 1 is 1.40 bits per heavy atom. The minimum atomic E-state index is -3.42. The molecule has 0 aliphatic carbocycles. The van der Waals surface area contributed by atoms with Crippen molar-refractivity contribution in [2.24, 2.45) is 5.92 Å². The van der Waals surface area contributed by atoms with Gasteiger partial charge in [0, 0.05) is 25.8 Å². The van der Waals surface area contributed by atoms with E-state index in [0.717, 1.165) is 24.9 Å². The monoisotopic (exact) mass is 297 g/mol. The predicted octanol–water partition coefficient (Wildman–Crippen LogP) is 1.61. The van der Waals surface area contributed by atoms with Gasteiger partial charge in [-0.2, -0.15) is 4.31 Å². The summed E-state index contributed by atoms with van der Waals surface area (Å²) < 4.78 is 26.5. The van der Waals surface area contributed by atoms with Gasteiger partial charge in [-0.1, -0.05) is 26.3 Å². The van der Waals surface area contributed by atoms with Gasteiger partial charge in [-0.15, -0.1) is 0 Å². The quantitative estimate of drug-likeness (QED) is 0.866. The van der Waals surface area contributed by atoms with E-state index in [-0.39, 0.29) is 5.03 Å². The first-order chi connectivity index (χ1) is 9.57. The summed E-state index contributed by atoms with van der Waals surface area (Å²) in [6.07, 6.45) is 3.62. The third-order valence-corrected chi connectivity index (χ3v) is 5.59. The summed E-state index contributed by atoms with van der Waals surface area (Å²) in [6, 6.07) is 3.44. The van der Waals surface area contributed by atoms with Crippen molar-refractivity contribution in [3.05, 3.63) is 23.9 Å². The molecule has 1 aromatic heterocycles. The van der Waals surface area contributed by atoms with Gasteiger partial charge in [0.1, 0.15) is 0 Å². The topological polar surface area (TPSA) is 62.3 Å². The number of hydrogen-bond donors (Lipinski definition) is 1. The second-order valence-corrected chi connectivity index (χ2v) is 7.10. The second kappa shape index (κ2) is 6.65. The first kappa shape index (κ1) is 15.4. The molecule has 2 rings (SSSR count). The van der Waals surface area contributed by atoms with E-state index >= 15 is 0 Å². The highest BCUT2D eigenvalue weighted by Crippen LogP contribution is 2.25. The van der Waals surface area contributed by atoms with Crippen molar-refractivity contribution in [2.75, 3.05) is 19.6 Å². The van der Waals surface area contributed by atoms with Crippen molar-refractivity contribution in [1.82, 2.24) is 14.6 Å². The second-order valence-electron chi connectivity index (χ2n) is 5.21. The Morgan fingerprint density at radius 2 is 2.20 bits per heavy atom. The Kier molecular flexibility index (Phi) is 5.12. The first-order valence-corrected chi connectivity index (χ1v) is 8.67. The number of nitrogens with zero attached hydrogens (tertiary/aromatic N) is 2. The molecule has 1 aliphatic heterocycles. The van der Waals surface area contributed by atoms with Crippen LogP contribution in [-0.4, -0.2) is 37.3 Å². The molecule has 0 bridgehead atoms. The Labute approximate surface area is 121 Å². The average molecular weight is 297 g/mol. The average Bonchev–Trinajstić information content (AvgIpc) is 2.95. The zero-order chi connectivity index (χ0) is 14.6. The first-order valence-electron chi connectivity index (χ1n) is 7.23. The standard InChI is InChI=1S/C14H23N3O2S/c1-3-12-7-8-17(11-12)20(18,19)14-6-5-13(10-16-14)9-15-4-2/h5-6,10,12,15H,3-4,7-9,11H2,1-2H3. The van der Waals surface area contributed by atoms with Gasteiger partial charge < -0.3 is 5.32 Å². The highest BCUT2D eigenvalue weighted by atomic mass is 32.2. The van der Waals surface area contributed by atoms with Crippen LogP contribution >= 0.6 is 0 Å². The van der Waals surface area contributed by atoms with E-state index in [0.29, 0.717) is 25.6 Å². The van der Waals surface area contributed by atoms with Gasteiger partial charge in [-0.3, -0.25) is 0 Å². The summed E-state index contributed by atoms with van der Waals surface area (Å²) >= 11 is 0. The van der Waals surface area contributed by atoms with Crippen LogP contribution in [0.4, 0.5) is 0 Å². The van der Waals surface area contributed by atoms with Gasteiger partial charge in [-0.25, -0.2) is 13.4 Å². The molecule has 6 heteroatoms. The maximum absolute atomic E-state index is 12.5. The van der Waals surface area contributed by atoms with E-state index in [1.54, 1.807) is 16.6 Å². The molecular formula is C14H23N3O2S. The fourth-order valence-electron chi connectivity index (χ4n) is 2.42. The molecular weight excluding hydrogens is 274 g/mol. The van der Waals surface area contributed by atoms with Crippen LogP contribution in [0.2, 0.25) is 0 Å². The SMILES string of the molecule is CCNCc1ccc(S(=O)(=O)N2CCC(CC)C2)nc1. The van der Waals surface area contributed by atoms with Crippen molar-refractivity contribution in [3.8, 4) is 0 Å². The number of sulfonamides is 1. The summed E-state index contributed by atoms with van der Waals surface area (Å²) in [6.45, 7) is 6.97. The number of rotatable bonds is 6. The number of hydrogen-bond acceptors (Lipinski definition) is 4. The maximum atomic E-state index is 12.5. The van der Waals surface area contributed by atoms with Gasteiger partial charge in [0.2, 0.25) is 0 Å². The molecule has 5 nitrogen and oxygen atoms in total. The lowest BCUT2D eigenvalue weighted by Crippen LogP contribution is -2.29. The van der Waals surface area contributed by atoms with Crippen molar-refractivity contribution >= 4 is 10.0 Å². The largest absolute Gasteiger partial charge is 0.313 e. The molecule has 1 fully saturated rings. The number of nitrogens with one attached hydrogen (secondary N) is 1. The van der Waals surface area contributed by atoms with Crippen LogP contribution in [0.3, 0.4) is 0 Å². The lowest BCUT2D eigenvalue weighted by atomic mass is 10.1. The molecule has 20 heavy (non-hydrogen) atoms. The zero-order valence-corrected chi connectivity index (χ0v) is 13.0. The predicted molar refractivity (Wildman–Crippen MR) is 78.8 cm³/mol. The van der Waals surface area contributed by atoms with Crippen LogP contribution in [0.25, 0.3) is 0 Å². The van der Waals surface area contributed by atoms with Crippen molar-refractivity contribution in [3.63, 3.8) is 0 Å². The van der Waals surface area contributed by atoms with Crippen LogP contribution in [0.15, 0.2) is 23.4 Å². The van der Waals surface area contributed by atoms with Gasteiger partial charge in [-0.05, 0) is 30.5 Å². The molecule has 0 amide bonds. The molecule has 0 radical (unpaired) electrons. The van der Waals surface area contributed by atoms with Crippen LogP contribution in [0.5, 0.6) is 0 Å². The van der Waals surface area contributed by atoms with Gasteiger partial charge in [0.05, 0.1) is 0 Å². The third-order valence-electron chi connectivity index (χ3n) is 3.81. The Balaban J connectivity index is 2.10.